The summed E-state index contributed by atoms with van der Waals surface area (Å²) in [7, 11) is 1.90. The Bertz CT molecular complexity index is 1460. The van der Waals surface area contributed by atoms with Crippen molar-refractivity contribution >= 4 is 32.7 Å². The molecule has 5 rings (SSSR count). The van der Waals surface area contributed by atoms with Gasteiger partial charge in [-0.3, -0.25) is 0 Å². The quantitative estimate of drug-likeness (QED) is 0.329. The number of hydrogen-bond acceptors (Lipinski definition) is 1. The van der Waals surface area contributed by atoms with Gasteiger partial charge in [-0.05, 0) is 55.4 Å². The van der Waals surface area contributed by atoms with Crippen molar-refractivity contribution in [2.75, 3.05) is 0 Å². The Morgan fingerprint density at radius 2 is 1.70 bits per heavy atom. The molecule has 132 valence electrons. The van der Waals surface area contributed by atoms with Gasteiger partial charge in [0, 0.05) is 37.5 Å². The van der Waals surface area contributed by atoms with E-state index >= 15 is 0 Å². The smallest absolute Gasteiger partial charge is 0.212 e. The minimum absolute atomic E-state index is 0.382. The highest BCUT2D eigenvalue weighted by atomic mass is 16.3. The molecule has 0 atom stereocenters. The van der Waals surface area contributed by atoms with Gasteiger partial charge in [-0.25, -0.2) is 4.57 Å². The van der Waals surface area contributed by atoms with Crippen molar-refractivity contribution in [1.29, 1.82) is 0 Å². The first-order chi connectivity index (χ1) is 14.2. The molecule has 0 spiro atoms. The van der Waals surface area contributed by atoms with Crippen LogP contribution < -0.4 is 4.57 Å². The Balaban J connectivity index is 1.78. The maximum atomic E-state index is 7.78. The number of nitrogens with zero attached hydrogens (tertiary/aromatic N) is 1. The van der Waals surface area contributed by atoms with Crippen LogP contribution in [0.15, 0.2) is 65.2 Å². The monoisotopic (exact) mass is 355 g/mol. The van der Waals surface area contributed by atoms with E-state index < -0.39 is 6.85 Å². The Morgan fingerprint density at radius 1 is 0.852 bits per heavy atom. The summed E-state index contributed by atoms with van der Waals surface area (Å²) in [6.45, 7) is 1.80. The second-order valence-electron chi connectivity index (χ2n) is 7.30. The largest absolute Gasteiger partial charge is 0.455 e. The molecule has 0 unspecified atom stereocenters. The summed E-state index contributed by atoms with van der Waals surface area (Å²) in [6, 6.07) is 18.7. The fraction of sp³-hybridized carbons (Fsp3) is 0.160. The first-order valence-electron chi connectivity index (χ1n) is 10.6. The molecule has 3 aromatic carbocycles. The maximum absolute atomic E-state index is 7.78. The maximum Gasteiger partial charge on any atom is 0.212 e. The molecule has 0 N–H and O–H groups in total. The molecule has 5 aromatic rings. The summed E-state index contributed by atoms with van der Waals surface area (Å²) in [4.78, 5) is 0. The van der Waals surface area contributed by atoms with Crippen molar-refractivity contribution in [3.05, 3.63) is 77.5 Å². The number of aromatic nitrogens is 1. The Kier molecular flexibility index (Phi) is 2.76. The Morgan fingerprint density at radius 3 is 2.56 bits per heavy atom. The molecule has 27 heavy (non-hydrogen) atoms. The summed E-state index contributed by atoms with van der Waals surface area (Å²) >= 11 is 0. The lowest BCUT2D eigenvalue weighted by molar-refractivity contribution is -0.660. The molecule has 0 aliphatic rings. The van der Waals surface area contributed by atoms with Crippen LogP contribution in [0.1, 0.15) is 20.8 Å². The van der Waals surface area contributed by atoms with Crippen molar-refractivity contribution in [3.8, 4) is 11.3 Å². The van der Waals surface area contributed by atoms with Crippen LogP contribution in [-0.4, -0.2) is 0 Å². The minimum Gasteiger partial charge on any atom is -0.455 e. The normalized spacial score (nSPS) is 13.8. The average Bonchev–Trinajstić information content (AvgIpc) is 3.05. The zero-order valence-corrected chi connectivity index (χ0v) is 15.6. The van der Waals surface area contributed by atoms with Crippen LogP contribution in [0.4, 0.5) is 0 Å². The molecule has 2 nitrogen and oxygen atoms in total. The van der Waals surface area contributed by atoms with E-state index in [9.17, 15) is 0 Å². The van der Waals surface area contributed by atoms with Gasteiger partial charge in [0.25, 0.3) is 0 Å². The summed E-state index contributed by atoms with van der Waals surface area (Å²) in [5.74, 6) is 0. The lowest BCUT2D eigenvalue weighted by Crippen LogP contribution is -2.31. The molecule has 2 aromatic heterocycles. The summed E-state index contributed by atoms with van der Waals surface area (Å²) in [6.07, 6.45) is 1.72. The number of pyridine rings is 1. The number of hydrogen-bond donors (Lipinski definition) is 0. The van der Waals surface area contributed by atoms with Gasteiger partial charge in [0.2, 0.25) is 5.69 Å². The molecule has 0 amide bonds. The molecule has 2 heterocycles. The lowest BCUT2D eigenvalue weighted by Gasteiger charge is -2.07. The van der Waals surface area contributed by atoms with Gasteiger partial charge in [0.05, 0.1) is 0 Å². The molecule has 0 saturated carbocycles. The van der Waals surface area contributed by atoms with Crippen molar-refractivity contribution in [1.82, 2.24) is 0 Å². The van der Waals surface area contributed by atoms with Gasteiger partial charge < -0.3 is 4.42 Å². The molecule has 0 fully saturated rings. The van der Waals surface area contributed by atoms with E-state index in [1.54, 1.807) is 6.20 Å². The van der Waals surface area contributed by atoms with Crippen LogP contribution in [0.3, 0.4) is 0 Å². The van der Waals surface area contributed by atoms with E-state index in [4.69, 9.17) is 8.53 Å². The predicted octanol–water partition coefficient (Wildman–Crippen LogP) is 6.16. The summed E-state index contributed by atoms with van der Waals surface area (Å²) in [5.41, 5.74) is 6.05. The second kappa shape index (κ2) is 5.68. The van der Waals surface area contributed by atoms with E-state index in [2.05, 4.69) is 43.3 Å². The third-order valence-corrected chi connectivity index (χ3v) is 5.47. The first-order valence-corrected chi connectivity index (χ1v) is 9.10. The predicted molar refractivity (Wildman–Crippen MR) is 112 cm³/mol. The first kappa shape index (κ1) is 13.1. The molecular weight excluding hydrogens is 330 g/mol. The van der Waals surface area contributed by atoms with E-state index in [0.29, 0.717) is 5.56 Å². The Hall–Kier alpha value is -3.13. The molecular formula is C25H22NO+. The molecule has 0 radical (unpaired) electrons. The zero-order valence-electron chi connectivity index (χ0n) is 18.6. The SMILES string of the molecule is [2H]C([2H])([2H])c1c[n+](C)c(-c2cc3c(cc2C)oc2c4ccccc4ccc32)cc1C. The van der Waals surface area contributed by atoms with Crippen molar-refractivity contribution in [3.63, 3.8) is 0 Å². The molecule has 0 aliphatic carbocycles. The van der Waals surface area contributed by atoms with Crippen LogP contribution >= 0.6 is 0 Å². The highest BCUT2D eigenvalue weighted by Gasteiger charge is 2.18. The van der Waals surface area contributed by atoms with Crippen LogP contribution in [0.25, 0.3) is 44.0 Å². The van der Waals surface area contributed by atoms with E-state index in [1.165, 1.54) is 0 Å². The minimum atomic E-state index is -2.12. The molecule has 0 aliphatic heterocycles. The van der Waals surface area contributed by atoms with Gasteiger partial charge in [0.15, 0.2) is 6.20 Å². The number of aryl methyl sites for hydroxylation is 4. The highest BCUT2D eigenvalue weighted by molar-refractivity contribution is 6.15. The van der Waals surface area contributed by atoms with E-state index in [0.717, 1.165) is 55.1 Å². The van der Waals surface area contributed by atoms with Gasteiger partial charge in [-0.2, -0.15) is 0 Å². The van der Waals surface area contributed by atoms with Gasteiger partial charge in [-0.1, -0.05) is 30.3 Å². The fourth-order valence-electron chi connectivity index (χ4n) is 3.94. The number of furan rings is 1. The average molecular weight is 355 g/mol. The molecule has 0 saturated heterocycles. The Labute approximate surface area is 162 Å². The third-order valence-electron chi connectivity index (χ3n) is 5.47. The van der Waals surface area contributed by atoms with Crippen LogP contribution in [0.2, 0.25) is 0 Å². The molecule has 2 heteroatoms. The summed E-state index contributed by atoms with van der Waals surface area (Å²) < 4.78 is 31.5. The van der Waals surface area contributed by atoms with Crippen molar-refractivity contribution < 1.29 is 13.1 Å². The number of rotatable bonds is 1. The van der Waals surface area contributed by atoms with Gasteiger partial charge >= 0.3 is 0 Å². The number of benzene rings is 3. The fourth-order valence-corrected chi connectivity index (χ4v) is 3.94. The summed E-state index contributed by atoms with van der Waals surface area (Å²) in [5, 5.41) is 4.41. The van der Waals surface area contributed by atoms with Crippen molar-refractivity contribution in [2.45, 2.75) is 20.7 Å². The second-order valence-corrected chi connectivity index (χ2v) is 7.30. The van der Waals surface area contributed by atoms with E-state index in [1.807, 2.05) is 36.7 Å². The zero-order chi connectivity index (χ0) is 21.2. The topological polar surface area (TPSA) is 17.0 Å². The van der Waals surface area contributed by atoms with Crippen molar-refractivity contribution in [2.24, 2.45) is 7.05 Å². The van der Waals surface area contributed by atoms with Crippen LogP contribution in [0.5, 0.6) is 0 Å². The van der Waals surface area contributed by atoms with Crippen LogP contribution in [0, 0.1) is 20.7 Å². The highest BCUT2D eigenvalue weighted by Crippen LogP contribution is 2.37. The standard InChI is InChI=1S/C25H22NO/c1-15-11-23(26(4)14-17(15)3)21-13-22-20-10-9-18-7-5-6-8-19(18)25(20)27-24(22)12-16(21)2/h5-14H,1-4H3/q+1/i3D3. The van der Waals surface area contributed by atoms with Gasteiger partial charge in [-0.15, -0.1) is 0 Å². The lowest BCUT2D eigenvalue weighted by atomic mass is 9.98. The van der Waals surface area contributed by atoms with Gasteiger partial charge in [0.1, 0.15) is 18.2 Å². The van der Waals surface area contributed by atoms with Crippen LogP contribution in [-0.2, 0) is 7.05 Å². The number of fused-ring (bicyclic) bond motifs is 5. The van der Waals surface area contributed by atoms with E-state index in [-0.39, 0.29) is 0 Å². The third kappa shape index (κ3) is 2.37. The molecule has 0 bridgehead atoms.